The molecule has 0 bridgehead atoms. The van der Waals surface area contributed by atoms with E-state index in [2.05, 4.69) is 19.6 Å². The van der Waals surface area contributed by atoms with Gasteiger partial charge >= 0.3 is 11.9 Å². The van der Waals surface area contributed by atoms with Gasteiger partial charge in [0, 0.05) is 12.1 Å². The van der Waals surface area contributed by atoms with Gasteiger partial charge in [-0.15, -0.1) is 0 Å². The quantitative estimate of drug-likeness (QED) is 0.839. The van der Waals surface area contributed by atoms with Crippen LogP contribution in [0.15, 0.2) is 21.2 Å². The van der Waals surface area contributed by atoms with Gasteiger partial charge in [0.2, 0.25) is 0 Å². The van der Waals surface area contributed by atoms with E-state index in [1.54, 1.807) is 26.0 Å². The van der Waals surface area contributed by atoms with E-state index in [0.717, 1.165) is 5.69 Å². The standard InChI is InChI=1S/C7H9NO3.C6H7NO3/c1-5-3-6(11-8-5)4-7(9)10-2;1-4-2-5(10-7-4)3-6(8)9/h3H,4H2,1-2H3;2H,3H2,1H3,(H,8,9). The molecule has 21 heavy (non-hydrogen) atoms. The number of carboxylic acid groups (broad SMARTS) is 1. The number of aryl methyl sites for hydroxylation is 2. The first kappa shape index (κ1) is 16.4. The smallest absolute Gasteiger partial charge is 0.313 e. The van der Waals surface area contributed by atoms with Crippen LogP contribution in [0.2, 0.25) is 0 Å². The Morgan fingerprint density at radius 2 is 1.57 bits per heavy atom. The molecule has 8 heteroatoms. The fraction of sp³-hybridized carbons (Fsp3) is 0.385. The summed E-state index contributed by atoms with van der Waals surface area (Å²) in [5, 5.41) is 15.4. The molecule has 2 aromatic rings. The SMILES string of the molecule is COC(=O)Cc1cc(C)no1.Cc1cc(CC(=O)O)on1. The zero-order chi connectivity index (χ0) is 15.8. The summed E-state index contributed by atoms with van der Waals surface area (Å²) in [4.78, 5) is 20.8. The van der Waals surface area contributed by atoms with E-state index in [-0.39, 0.29) is 18.8 Å². The minimum absolute atomic E-state index is 0.0964. The molecule has 0 fully saturated rings. The van der Waals surface area contributed by atoms with E-state index in [4.69, 9.17) is 9.63 Å². The van der Waals surface area contributed by atoms with E-state index in [1.807, 2.05) is 0 Å². The lowest BCUT2D eigenvalue weighted by atomic mass is 10.3. The third-order valence-corrected chi connectivity index (χ3v) is 2.23. The second-order valence-corrected chi connectivity index (χ2v) is 4.19. The van der Waals surface area contributed by atoms with Crippen molar-refractivity contribution in [2.24, 2.45) is 0 Å². The number of carbonyl (C=O) groups is 2. The molecule has 2 aromatic heterocycles. The molecule has 1 N–H and O–H groups in total. The number of carbonyl (C=O) groups excluding carboxylic acids is 1. The van der Waals surface area contributed by atoms with Gasteiger partial charge in [0.1, 0.15) is 24.4 Å². The summed E-state index contributed by atoms with van der Waals surface area (Å²) in [5.74, 6) is -0.295. The maximum Gasteiger partial charge on any atom is 0.313 e. The molecule has 0 unspecified atom stereocenters. The van der Waals surface area contributed by atoms with E-state index in [9.17, 15) is 9.59 Å². The number of aromatic nitrogens is 2. The Kier molecular flexibility index (Phi) is 6.12. The van der Waals surface area contributed by atoms with Crippen LogP contribution in [0.25, 0.3) is 0 Å². The Balaban J connectivity index is 0.000000211. The predicted molar refractivity (Wildman–Crippen MR) is 69.5 cm³/mol. The summed E-state index contributed by atoms with van der Waals surface area (Å²) in [5.41, 5.74) is 1.47. The van der Waals surface area contributed by atoms with Crippen LogP contribution in [-0.2, 0) is 27.2 Å². The molecule has 2 heterocycles. The van der Waals surface area contributed by atoms with Gasteiger partial charge < -0.3 is 18.9 Å². The summed E-state index contributed by atoms with van der Waals surface area (Å²) >= 11 is 0. The lowest BCUT2D eigenvalue weighted by Gasteiger charge is -1.91. The third-order valence-electron chi connectivity index (χ3n) is 2.23. The lowest BCUT2D eigenvalue weighted by Crippen LogP contribution is -2.03. The van der Waals surface area contributed by atoms with Crippen LogP contribution in [0.5, 0.6) is 0 Å². The van der Waals surface area contributed by atoms with Gasteiger partial charge in [-0.1, -0.05) is 10.3 Å². The van der Waals surface area contributed by atoms with Gasteiger partial charge in [-0.05, 0) is 13.8 Å². The fourth-order valence-corrected chi connectivity index (χ4v) is 1.36. The summed E-state index contributed by atoms with van der Waals surface area (Å²) in [6.07, 6.45) is 0.0537. The molecular formula is C13H16N2O6. The normalized spacial score (nSPS) is 9.67. The predicted octanol–water partition coefficient (Wildman–Crippen LogP) is 1.31. The van der Waals surface area contributed by atoms with E-state index < -0.39 is 5.97 Å². The fourth-order valence-electron chi connectivity index (χ4n) is 1.36. The molecule has 0 atom stereocenters. The van der Waals surface area contributed by atoms with Crippen molar-refractivity contribution >= 4 is 11.9 Å². The molecule has 114 valence electrons. The number of rotatable bonds is 4. The maximum atomic E-state index is 10.7. The van der Waals surface area contributed by atoms with Crippen LogP contribution in [0.3, 0.4) is 0 Å². The van der Waals surface area contributed by atoms with Crippen LogP contribution in [-0.4, -0.2) is 34.5 Å². The second-order valence-electron chi connectivity index (χ2n) is 4.19. The van der Waals surface area contributed by atoms with Crippen LogP contribution >= 0.6 is 0 Å². The molecular weight excluding hydrogens is 280 g/mol. The topological polar surface area (TPSA) is 116 Å². The Labute approximate surface area is 120 Å². The number of carboxylic acids is 1. The molecule has 0 aliphatic rings. The highest BCUT2D eigenvalue weighted by Crippen LogP contribution is 2.03. The van der Waals surface area contributed by atoms with Gasteiger partial charge in [-0.3, -0.25) is 9.59 Å². The average molecular weight is 296 g/mol. The van der Waals surface area contributed by atoms with Crippen molar-refractivity contribution in [3.63, 3.8) is 0 Å². The summed E-state index contributed by atoms with van der Waals surface area (Å²) in [6.45, 7) is 3.54. The third kappa shape index (κ3) is 6.37. The first-order chi connectivity index (χ1) is 9.90. The monoisotopic (exact) mass is 296 g/mol. The summed E-state index contributed by atoms with van der Waals surface area (Å²) < 4.78 is 13.9. The minimum atomic E-state index is -0.906. The second kappa shape index (κ2) is 7.83. The zero-order valence-electron chi connectivity index (χ0n) is 12.0. The molecule has 0 saturated carbocycles. The first-order valence-corrected chi connectivity index (χ1v) is 6.03. The Morgan fingerprint density at radius 1 is 1.10 bits per heavy atom. The van der Waals surface area contributed by atoms with E-state index in [1.165, 1.54) is 7.11 Å². The highest BCUT2D eigenvalue weighted by molar-refractivity contribution is 5.71. The Bertz CT molecular complexity index is 601. The lowest BCUT2D eigenvalue weighted by molar-refractivity contribution is -0.140. The molecule has 0 aromatic carbocycles. The molecule has 0 aliphatic heterocycles. The summed E-state index contributed by atoms with van der Waals surface area (Å²) in [6, 6.07) is 3.31. The van der Waals surface area contributed by atoms with Gasteiger partial charge in [-0.25, -0.2) is 0 Å². The van der Waals surface area contributed by atoms with E-state index >= 15 is 0 Å². The number of aliphatic carboxylic acids is 1. The Morgan fingerprint density at radius 3 is 1.90 bits per heavy atom. The number of hydrogen-bond acceptors (Lipinski definition) is 7. The molecule has 0 spiro atoms. The molecule has 2 rings (SSSR count). The molecule has 0 aliphatic carbocycles. The highest BCUT2D eigenvalue weighted by atomic mass is 16.5. The average Bonchev–Trinajstić information content (AvgIpc) is 2.98. The van der Waals surface area contributed by atoms with Crippen molar-refractivity contribution in [3.8, 4) is 0 Å². The Hall–Kier alpha value is -2.64. The molecule has 0 amide bonds. The molecule has 0 saturated heterocycles. The van der Waals surface area contributed by atoms with Crippen molar-refractivity contribution in [2.45, 2.75) is 26.7 Å². The molecule has 8 nitrogen and oxygen atoms in total. The van der Waals surface area contributed by atoms with Crippen LogP contribution in [0.1, 0.15) is 22.9 Å². The van der Waals surface area contributed by atoms with Crippen LogP contribution in [0.4, 0.5) is 0 Å². The van der Waals surface area contributed by atoms with Gasteiger partial charge in [0.15, 0.2) is 0 Å². The van der Waals surface area contributed by atoms with E-state index in [0.29, 0.717) is 17.2 Å². The van der Waals surface area contributed by atoms with Crippen molar-refractivity contribution < 1.29 is 28.5 Å². The van der Waals surface area contributed by atoms with Gasteiger partial charge in [0.25, 0.3) is 0 Å². The van der Waals surface area contributed by atoms with Crippen molar-refractivity contribution in [1.82, 2.24) is 10.3 Å². The van der Waals surface area contributed by atoms with Crippen molar-refractivity contribution in [3.05, 3.63) is 35.0 Å². The van der Waals surface area contributed by atoms with Gasteiger partial charge in [-0.2, -0.15) is 0 Å². The van der Waals surface area contributed by atoms with Gasteiger partial charge in [0.05, 0.1) is 18.5 Å². The van der Waals surface area contributed by atoms with Crippen molar-refractivity contribution in [2.75, 3.05) is 7.11 Å². The number of methoxy groups -OCH3 is 1. The number of nitrogens with zero attached hydrogens (tertiary/aromatic N) is 2. The highest BCUT2D eigenvalue weighted by Gasteiger charge is 2.06. The minimum Gasteiger partial charge on any atom is -0.481 e. The molecule has 0 radical (unpaired) electrons. The number of esters is 1. The van der Waals surface area contributed by atoms with Crippen molar-refractivity contribution in [1.29, 1.82) is 0 Å². The largest absolute Gasteiger partial charge is 0.481 e. The number of ether oxygens (including phenoxy) is 1. The zero-order valence-corrected chi connectivity index (χ0v) is 12.0. The number of hydrogen-bond donors (Lipinski definition) is 1. The summed E-state index contributed by atoms with van der Waals surface area (Å²) in [7, 11) is 1.34. The van der Waals surface area contributed by atoms with Crippen LogP contribution in [0, 0.1) is 13.8 Å². The maximum absolute atomic E-state index is 10.7. The van der Waals surface area contributed by atoms with Crippen LogP contribution < -0.4 is 0 Å². The first-order valence-electron chi connectivity index (χ1n) is 6.03.